The third kappa shape index (κ3) is 4.48. The number of ether oxygens (including phenoxy) is 1. The average Bonchev–Trinajstić information content (AvgIpc) is 2.92. The van der Waals surface area contributed by atoms with Crippen LogP contribution in [0.1, 0.15) is 40.7 Å². The minimum absolute atomic E-state index is 0.123. The summed E-state index contributed by atoms with van der Waals surface area (Å²) in [5.74, 6) is -1.10. The first-order chi connectivity index (χ1) is 12.5. The molecule has 1 aromatic carbocycles. The van der Waals surface area contributed by atoms with Crippen LogP contribution >= 0.6 is 0 Å². The fourth-order valence-electron chi connectivity index (χ4n) is 2.75. The molecular weight excluding hydrogens is 328 g/mol. The molecule has 0 spiro atoms. The Labute approximate surface area is 153 Å². The molecule has 2 aromatic rings. The predicted octanol–water partition coefficient (Wildman–Crippen LogP) is 3.85. The summed E-state index contributed by atoms with van der Waals surface area (Å²) >= 11 is 0. The normalized spacial score (nSPS) is 11.1. The van der Waals surface area contributed by atoms with Gasteiger partial charge in [0.2, 0.25) is 0 Å². The van der Waals surface area contributed by atoms with Crippen LogP contribution in [-0.2, 0) is 16.1 Å². The Morgan fingerprint density at radius 1 is 1.23 bits per heavy atom. The maximum absolute atomic E-state index is 12.2. The quantitative estimate of drug-likeness (QED) is 0.329. The van der Waals surface area contributed by atoms with E-state index in [1.54, 1.807) is 30.3 Å². The first-order valence-electron chi connectivity index (χ1n) is 8.51. The zero-order valence-electron chi connectivity index (χ0n) is 15.3. The SMILES string of the molecule is CCCn1c(C)cc(/C=C(/C#N)C(=O)OCC(=O)c2ccccc2)c1C. The van der Waals surface area contributed by atoms with Crippen LogP contribution in [0.3, 0.4) is 0 Å². The van der Waals surface area contributed by atoms with Crippen LogP contribution in [0.4, 0.5) is 0 Å². The van der Waals surface area contributed by atoms with Crippen molar-refractivity contribution < 1.29 is 14.3 Å². The fourth-order valence-corrected chi connectivity index (χ4v) is 2.75. The first-order valence-corrected chi connectivity index (χ1v) is 8.51. The first kappa shape index (κ1) is 19.2. The summed E-state index contributed by atoms with van der Waals surface area (Å²) in [5.41, 5.74) is 3.21. The number of hydrogen-bond acceptors (Lipinski definition) is 4. The number of rotatable bonds is 7. The molecule has 0 aliphatic heterocycles. The lowest BCUT2D eigenvalue weighted by Gasteiger charge is -2.07. The molecule has 0 unspecified atom stereocenters. The number of hydrogen-bond donors (Lipinski definition) is 0. The summed E-state index contributed by atoms with van der Waals surface area (Å²) in [6.07, 6.45) is 2.51. The van der Waals surface area contributed by atoms with Gasteiger partial charge in [-0.3, -0.25) is 4.79 Å². The van der Waals surface area contributed by atoms with Crippen molar-refractivity contribution in [2.45, 2.75) is 33.7 Å². The van der Waals surface area contributed by atoms with E-state index >= 15 is 0 Å². The van der Waals surface area contributed by atoms with Crippen molar-refractivity contribution in [1.82, 2.24) is 4.57 Å². The molecule has 2 rings (SSSR count). The molecule has 5 nitrogen and oxygen atoms in total. The topological polar surface area (TPSA) is 72.1 Å². The molecule has 0 bridgehead atoms. The van der Waals surface area contributed by atoms with Crippen LogP contribution in [0.15, 0.2) is 42.0 Å². The van der Waals surface area contributed by atoms with Crippen LogP contribution in [-0.4, -0.2) is 22.9 Å². The van der Waals surface area contributed by atoms with Gasteiger partial charge in [-0.2, -0.15) is 5.26 Å². The molecule has 26 heavy (non-hydrogen) atoms. The van der Waals surface area contributed by atoms with Crippen molar-refractivity contribution in [3.63, 3.8) is 0 Å². The Kier molecular flexibility index (Phi) is 6.51. The highest BCUT2D eigenvalue weighted by molar-refractivity contribution is 6.01. The fraction of sp³-hybridized carbons (Fsp3) is 0.286. The van der Waals surface area contributed by atoms with Crippen LogP contribution in [0.5, 0.6) is 0 Å². The maximum atomic E-state index is 12.2. The second-order valence-corrected chi connectivity index (χ2v) is 6.01. The van der Waals surface area contributed by atoms with E-state index in [1.165, 1.54) is 6.08 Å². The van der Waals surface area contributed by atoms with Crippen molar-refractivity contribution in [1.29, 1.82) is 5.26 Å². The number of Topliss-reactive ketones (excluding diaryl/α,β-unsaturated/α-hetero) is 1. The van der Waals surface area contributed by atoms with Crippen molar-refractivity contribution in [3.05, 3.63) is 64.5 Å². The van der Waals surface area contributed by atoms with Crippen molar-refractivity contribution in [3.8, 4) is 6.07 Å². The molecule has 1 heterocycles. The van der Waals surface area contributed by atoms with Gasteiger partial charge >= 0.3 is 5.97 Å². The number of esters is 1. The van der Waals surface area contributed by atoms with Crippen molar-refractivity contribution in [2.24, 2.45) is 0 Å². The van der Waals surface area contributed by atoms with E-state index in [0.717, 1.165) is 29.9 Å². The van der Waals surface area contributed by atoms with Gasteiger partial charge in [-0.15, -0.1) is 0 Å². The highest BCUT2D eigenvalue weighted by Crippen LogP contribution is 2.19. The monoisotopic (exact) mass is 350 g/mol. The van der Waals surface area contributed by atoms with E-state index in [9.17, 15) is 14.9 Å². The largest absolute Gasteiger partial charge is 0.453 e. The Morgan fingerprint density at radius 3 is 2.54 bits per heavy atom. The Hall–Kier alpha value is -3.13. The highest BCUT2D eigenvalue weighted by atomic mass is 16.5. The molecular formula is C21H22N2O3. The Balaban J connectivity index is 2.12. The molecule has 0 fully saturated rings. The highest BCUT2D eigenvalue weighted by Gasteiger charge is 2.16. The summed E-state index contributed by atoms with van der Waals surface area (Å²) in [6.45, 7) is 6.52. The predicted molar refractivity (Wildman–Crippen MR) is 99.5 cm³/mol. The van der Waals surface area contributed by atoms with E-state index < -0.39 is 12.6 Å². The molecule has 0 aliphatic rings. The van der Waals surface area contributed by atoms with Gasteiger partial charge < -0.3 is 9.30 Å². The summed E-state index contributed by atoms with van der Waals surface area (Å²) in [6, 6.07) is 12.4. The van der Waals surface area contributed by atoms with Crippen molar-refractivity contribution in [2.75, 3.05) is 6.61 Å². The number of carbonyl (C=O) groups is 2. The third-order valence-corrected chi connectivity index (χ3v) is 4.13. The van der Waals surface area contributed by atoms with Gasteiger partial charge in [0, 0.05) is 23.5 Å². The summed E-state index contributed by atoms with van der Waals surface area (Å²) in [4.78, 5) is 24.2. The van der Waals surface area contributed by atoms with Crippen LogP contribution in [0.25, 0.3) is 6.08 Å². The Morgan fingerprint density at radius 2 is 1.92 bits per heavy atom. The number of ketones is 1. The molecule has 1 aromatic heterocycles. The minimum atomic E-state index is -0.794. The molecule has 0 saturated heterocycles. The average molecular weight is 350 g/mol. The van der Waals surface area contributed by atoms with E-state index in [1.807, 2.05) is 26.0 Å². The number of aromatic nitrogens is 1. The summed E-state index contributed by atoms with van der Waals surface area (Å²) < 4.78 is 7.17. The van der Waals surface area contributed by atoms with Gasteiger partial charge in [-0.1, -0.05) is 37.3 Å². The molecule has 0 radical (unpaired) electrons. The van der Waals surface area contributed by atoms with E-state index in [4.69, 9.17) is 4.74 Å². The number of carbonyl (C=O) groups excluding carboxylic acids is 2. The van der Waals surface area contributed by atoms with Gasteiger partial charge in [0.25, 0.3) is 0 Å². The Bertz CT molecular complexity index is 871. The second kappa shape index (κ2) is 8.82. The number of nitrogens with zero attached hydrogens (tertiary/aromatic N) is 2. The lowest BCUT2D eigenvalue weighted by Crippen LogP contribution is -2.15. The van der Waals surface area contributed by atoms with E-state index in [0.29, 0.717) is 5.56 Å². The van der Waals surface area contributed by atoms with Gasteiger partial charge in [-0.05, 0) is 38.0 Å². The molecule has 0 saturated carbocycles. The summed E-state index contributed by atoms with van der Waals surface area (Å²) in [5, 5.41) is 9.30. The summed E-state index contributed by atoms with van der Waals surface area (Å²) in [7, 11) is 0. The van der Waals surface area contributed by atoms with Gasteiger partial charge in [0.1, 0.15) is 11.6 Å². The number of benzene rings is 1. The van der Waals surface area contributed by atoms with Crippen LogP contribution in [0.2, 0.25) is 0 Å². The standard InChI is InChI=1S/C21H22N2O3/c1-4-10-23-15(2)11-18(16(23)3)12-19(13-22)21(25)26-14-20(24)17-8-6-5-7-9-17/h5-9,11-12H,4,10,14H2,1-3H3/b19-12-. The van der Waals surface area contributed by atoms with E-state index in [-0.39, 0.29) is 11.4 Å². The zero-order chi connectivity index (χ0) is 19.1. The smallest absolute Gasteiger partial charge is 0.349 e. The molecule has 0 aliphatic carbocycles. The minimum Gasteiger partial charge on any atom is -0.453 e. The van der Waals surface area contributed by atoms with Crippen LogP contribution in [0, 0.1) is 25.2 Å². The third-order valence-electron chi connectivity index (χ3n) is 4.13. The molecule has 0 amide bonds. The second-order valence-electron chi connectivity index (χ2n) is 6.01. The molecule has 0 atom stereocenters. The lowest BCUT2D eigenvalue weighted by atomic mass is 10.1. The number of nitriles is 1. The van der Waals surface area contributed by atoms with Crippen LogP contribution < -0.4 is 0 Å². The van der Waals surface area contributed by atoms with Gasteiger partial charge in [0.05, 0.1) is 0 Å². The van der Waals surface area contributed by atoms with Gasteiger partial charge in [0.15, 0.2) is 12.4 Å². The molecule has 0 N–H and O–H groups in total. The zero-order valence-corrected chi connectivity index (χ0v) is 15.3. The maximum Gasteiger partial charge on any atom is 0.349 e. The molecule has 5 heteroatoms. The lowest BCUT2D eigenvalue weighted by molar-refractivity contribution is -0.137. The van der Waals surface area contributed by atoms with Gasteiger partial charge in [-0.25, -0.2) is 4.79 Å². The molecule has 134 valence electrons. The number of aryl methyl sites for hydroxylation is 1. The van der Waals surface area contributed by atoms with E-state index in [2.05, 4.69) is 11.5 Å². The van der Waals surface area contributed by atoms with Crippen molar-refractivity contribution >= 4 is 17.8 Å².